The molecule has 3 rings (SSSR count). The van der Waals surface area contributed by atoms with Crippen molar-refractivity contribution >= 4 is 0 Å². The van der Waals surface area contributed by atoms with Crippen molar-refractivity contribution in [3.63, 3.8) is 0 Å². The van der Waals surface area contributed by atoms with Gasteiger partial charge in [0.05, 0.1) is 11.6 Å². The molecule has 0 aliphatic carbocycles. The smallest absolute Gasteiger partial charge is 0.299 e. The van der Waals surface area contributed by atoms with Crippen LogP contribution >= 0.6 is 0 Å². The molecule has 0 radical (unpaired) electrons. The molecule has 0 amide bonds. The Kier molecular flexibility index (Phi) is 4.80. The average Bonchev–Trinajstić information content (AvgIpc) is 3.10. The molecular weight excluding hydrogens is 331 g/mol. The molecule has 0 saturated carbocycles. The largest absolute Gasteiger partial charge is 0.416 e. The number of nitrogens with zero attached hydrogens (tertiary/aromatic N) is 3. The number of hydrogen-bond acceptors (Lipinski definition) is 4. The topological polar surface area (TPSA) is 66.5 Å². The second kappa shape index (κ2) is 7.02. The minimum atomic E-state index is -4.40. The van der Waals surface area contributed by atoms with Crippen LogP contribution in [0.1, 0.15) is 34.3 Å². The van der Waals surface area contributed by atoms with Gasteiger partial charge in [-0.3, -0.25) is 15.4 Å². The van der Waals surface area contributed by atoms with E-state index in [-0.39, 0.29) is 0 Å². The first-order chi connectivity index (χ1) is 11.9. The van der Waals surface area contributed by atoms with E-state index < -0.39 is 17.8 Å². The summed E-state index contributed by atoms with van der Waals surface area (Å²) in [7, 11) is 0. The van der Waals surface area contributed by atoms with Crippen LogP contribution in [0.5, 0.6) is 0 Å². The lowest BCUT2D eigenvalue weighted by molar-refractivity contribution is -0.137. The molecule has 3 aromatic rings. The van der Waals surface area contributed by atoms with Gasteiger partial charge in [0.15, 0.2) is 0 Å². The number of alkyl halides is 3. The third-order valence-corrected chi connectivity index (χ3v) is 3.87. The summed E-state index contributed by atoms with van der Waals surface area (Å²) < 4.78 is 39.0. The lowest BCUT2D eigenvalue weighted by Crippen LogP contribution is -2.24. The molecule has 2 aromatic heterocycles. The molecule has 0 spiro atoms. The molecule has 1 atom stereocenters. The van der Waals surface area contributed by atoms with Crippen LogP contribution in [-0.4, -0.2) is 20.2 Å². The Hall–Kier alpha value is -2.74. The zero-order chi connectivity index (χ0) is 17.9. The standard InChI is InChI=1S/C17H16F3N5/c1-11-13(5-3-7-21-11)9-22-15(16-23-10-24-25-16)12-4-2-6-14(8-12)17(18,19)20/h2-8,10,15,22H,9H2,1H3,(H,23,24,25)/t15-/m1/s1. The molecule has 130 valence electrons. The Balaban J connectivity index is 1.90. The first-order valence-corrected chi connectivity index (χ1v) is 7.61. The molecule has 0 aliphatic rings. The fraction of sp³-hybridized carbons (Fsp3) is 0.235. The lowest BCUT2D eigenvalue weighted by atomic mass is 10.0. The molecule has 0 unspecified atom stereocenters. The number of nitrogens with one attached hydrogen (secondary N) is 2. The van der Waals surface area contributed by atoms with E-state index in [0.717, 1.165) is 23.4 Å². The number of aromatic amines is 1. The summed E-state index contributed by atoms with van der Waals surface area (Å²) in [6.07, 6.45) is -1.38. The van der Waals surface area contributed by atoms with Crippen molar-refractivity contribution in [2.45, 2.75) is 25.7 Å². The summed E-state index contributed by atoms with van der Waals surface area (Å²) in [5.74, 6) is 0.445. The molecule has 25 heavy (non-hydrogen) atoms. The lowest BCUT2D eigenvalue weighted by Gasteiger charge is -2.19. The van der Waals surface area contributed by atoms with Crippen LogP contribution in [0.2, 0.25) is 0 Å². The number of halogens is 3. The number of H-pyrrole nitrogens is 1. The molecule has 0 saturated heterocycles. The summed E-state index contributed by atoms with van der Waals surface area (Å²) >= 11 is 0. The summed E-state index contributed by atoms with van der Waals surface area (Å²) in [6, 6.07) is 8.37. The molecule has 8 heteroatoms. The van der Waals surface area contributed by atoms with Gasteiger partial charge < -0.3 is 0 Å². The summed E-state index contributed by atoms with van der Waals surface area (Å²) in [5.41, 5.74) is 1.57. The van der Waals surface area contributed by atoms with E-state index in [1.54, 1.807) is 12.3 Å². The van der Waals surface area contributed by atoms with Gasteiger partial charge >= 0.3 is 6.18 Å². The minimum absolute atomic E-state index is 0.432. The molecule has 0 bridgehead atoms. The van der Waals surface area contributed by atoms with Crippen molar-refractivity contribution < 1.29 is 13.2 Å². The highest BCUT2D eigenvalue weighted by molar-refractivity contribution is 5.31. The summed E-state index contributed by atoms with van der Waals surface area (Å²) in [5, 5.41) is 9.76. The average molecular weight is 347 g/mol. The maximum Gasteiger partial charge on any atom is 0.416 e. The van der Waals surface area contributed by atoms with Gasteiger partial charge in [0.25, 0.3) is 0 Å². The van der Waals surface area contributed by atoms with Gasteiger partial charge in [-0.15, -0.1) is 0 Å². The van der Waals surface area contributed by atoms with Crippen LogP contribution < -0.4 is 5.32 Å². The highest BCUT2D eigenvalue weighted by Crippen LogP contribution is 2.31. The van der Waals surface area contributed by atoms with Gasteiger partial charge in [0, 0.05) is 18.4 Å². The number of rotatable bonds is 5. The van der Waals surface area contributed by atoms with Crippen molar-refractivity contribution in [2.24, 2.45) is 0 Å². The number of benzene rings is 1. The summed E-state index contributed by atoms with van der Waals surface area (Å²) in [6.45, 7) is 2.31. The SMILES string of the molecule is Cc1ncccc1CN[C@H](c1cccc(C(F)(F)F)c1)c1ncn[nH]1. The van der Waals surface area contributed by atoms with E-state index >= 15 is 0 Å². The normalized spacial score (nSPS) is 13.0. The van der Waals surface area contributed by atoms with Gasteiger partial charge in [-0.25, -0.2) is 4.98 Å². The highest BCUT2D eigenvalue weighted by atomic mass is 19.4. The fourth-order valence-corrected chi connectivity index (χ4v) is 2.54. The Bertz CT molecular complexity index is 830. The third kappa shape index (κ3) is 4.03. The van der Waals surface area contributed by atoms with Gasteiger partial charge in [0.1, 0.15) is 12.2 Å². The van der Waals surface area contributed by atoms with Crippen molar-refractivity contribution in [3.8, 4) is 0 Å². The predicted molar refractivity (Wildman–Crippen MR) is 85.5 cm³/mol. The Labute approximate surface area is 142 Å². The molecule has 1 aromatic carbocycles. The summed E-state index contributed by atoms with van der Waals surface area (Å²) in [4.78, 5) is 8.31. The Morgan fingerprint density at radius 1 is 1.16 bits per heavy atom. The molecule has 5 nitrogen and oxygen atoms in total. The highest BCUT2D eigenvalue weighted by Gasteiger charge is 2.31. The van der Waals surface area contributed by atoms with Crippen molar-refractivity contribution in [1.29, 1.82) is 0 Å². The first-order valence-electron chi connectivity index (χ1n) is 7.61. The number of pyridine rings is 1. The van der Waals surface area contributed by atoms with Crippen molar-refractivity contribution in [1.82, 2.24) is 25.5 Å². The maximum absolute atomic E-state index is 13.0. The van der Waals surface area contributed by atoms with E-state index in [1.165, 1.54) is 12.4 Å². The molecule has 2 heterocycles. The van der Waals surface area contributed by atoms with Gasteiger partial charge in [-0.1, -0.05) is 18.2 Å². The zero-order valence-electron chi connectivity index (χ0n) is 13.4. The van der Waals surface area contributed by atoms with Gasteiger partial charge in [-0.05, 0) is 36.2 Å². The second-order valence-electron chi connectivity index (χ2n) is 5.56. The van der Waals surface area contributed by atoms with E-state index in [1.807, 2.05) is 19.1 Å². The monoisotopic (exact) mass is 347 g/mol. The van der Waals surface area contributed by atoms with Crippen molar-refractivity contribution in [2.75, 3.05) is 0 Å². The van der Waals surface area contributed by atoms with E-state index in [9.17, 15) is 13.2 Å². The van der Waals surface area contributed by atoms with Crippen LogP contribution in [0.15, 0.2) is 48.9 Å². The van der Waals surface area contributed by atoms with Gasteiger partial charge in [0.2, 0.25) is 0 Å². The van der Waals surface area contributed by atoms with Crippen LogP contribution in [-0.2, 0) is 12.7 Å². The van der Waals surface area contributed by atoms with E-state index in [4.69, 9.17) is 0 Å². The number of aromatic nitrogens is 4. The number of aryl methyl sites for hydroxylation is 1. The fourth-order valence-electron chi connectivity index (χ4n) is 2.54. The minimum Gasteiger partial charge on any atom is -0.299 e. The second-order valence-corrected chi connectivity index (χ2v) is 5.56. The number of hydrogen-bond donors (Lipinski definition) is 2. The molecule has 0 aliphatic heterocycles. The maximum atomic E-state index is 13.0. The zero-order valence-corrected chi connectivity index (χ0v) is 13.4. The van der Waals surface area contributed by atoms with E-state index in [2.05, 4.69) is 25.5 Å². The Morgan fingerprint density at radius 2 is 2.00 bits per heavy atom. The molecule has 2 N–H and O–H groups in total. The van der Waals surface area contributed by atoms with Gasteiger partial charge in [-0.2, -0.15) is 18.3 Å². The predicted octanol–water partition coefficient (Wildman–Crippen LogP) is 3.41. The van der Waals surface area contributed by atoms with Crippen LogP contribution in [0.3, 0.4) is 0 Å². The Morgan fingerprint density at radius 3 is 2.68 bits per heavy atom. The third-order valence-electron chi connectivity index (χ3n) is 3.87. The van der Waals surface area contributed by atoms with Crippen LogP contribution in [0.4, 0.5) is 13.2 Å². The quantitative estimate of drug-likeness (QED) is 0.742. The van der Waals surface area contributed by atoms with Crippen LogP contribution in [0.25, 0.3) is 0 Å². The first kappa shape index (κ1) is 17.1. The van der Waals surface area contributed by atoms with Crippen molar-refractivity contribution in [3.05, 3.63) is 77.1 Å². The van der Waals surface area contributed by atoms with Crippen LogP contribution in [0, 0.1) is 6.92 Å². The molecule has 0 fully saturated rings. The van der Waals surface area contributed by atoms with E-state index in [0.29, 0.717) is 17.9 Å². The molecular formula is C17H16F3N5.